The average Bonchev–Trinajstić information content (AvgIpc) is 3.24. The maximum absolute atomic E-state index is 3.64. The van der Waals surface area contributed by atoms with Gasteiger partial charge in [-0.1, -0.05) is 37.3 Å². The van der Waals surface area contributed by atoms with Crippen LogP contribution in [-0.4, -0.2) is 31.1 Å². The van der Waals surface area contributed by atoms with Crippen LogP contribution >= 0.6 is 0 Å². The van der Waals surface area contributed by atoms with Gasteiger partial charge in [0.25, 0.3) is 0 Å². The Morgan fingerprint density at radius 3 is 2.78 bits per heavy atom. The molecule has 0 aromatic heterocycles. The van der Waals surface area contributed by atoms with Gasteiger partial charge in [0.05, 0.1) is 0 Å². The second kappa shape index (κ2) is 5.41. The molecule has 1 N–H and O–H groups in total. The minimum Gasteiger partial charge on any atom is -0.308 e. The summed E-state index contributed by atoms with van der Waals surface area (Å²) >= 11 is 0. The molecule has 98 valence electrons. The van der Waals surface area contributed by atoms with E-state index in [2.05, 4.69) is 47.5 Å². The van der Waals surface area contributed by atoms with Crippen molar-refractivity contribution in [3.05, 3.63) is 35.9 Å². The average molecular weight is 244 g/mol. The van der Waals surface area contributed by atoms with E-state index in [0.29, 0.717) is 6.04 Å². The van der Waals surface area contributed by atoms with Gasteiger partial charge >= 0.3 is 0 Å². The van der Waals surface area contributed by atoms with Crippen LogP contribution in [-0.2, 0) is 0 Å². The number of nitrogens with one attached hydrogen (secondary N) is 1. The largest absolute Gasteiger partial charge is 0.308 e. The van der Waals surface area contributed by atoms with Gasteiger partial charge in [-0.3, -0.25) is 4.90 Å². The van der Waals surface area contributed by atoms with E-state index in [1.54, 1.807) is 0 Å². The van der Waals surface area contributed by atoms with Crippen LogP contribution in [0, 0.1) is 11.8 Å². The van der Waals surface area contributed by atoms with Crippen molar-refractivity contribution in [2.75, 3.05) is 26.2 Å². The van der Waals surface area contributed by atoms with Crippen LogP contribution in [0.2, 0.25) is 0 Å². The molecule has 2 fully saturated rings. The molecule has 0 spiro atoms. The standard InChI is InChI=1S/C16H24N2/c1-13(14-7-8-14)11-18-10-9-17-16(12-18)15-5-3-2-4-6-15/h2-6,13-14,16-17H,7-12H2,1H3. The Hall–Kier alpha value is -0.860. The lowest BCUT2D eigenvalue weighted by Crippen LogP contribution is -2.47. The van der Waals surface area contributed by atoms with Crippen molar-refractivity contribution in [2.45, 2.75) is 25.8 Å². The normalized spacial score (nSPS) is 27.1. The Bertz CT molecular complexity index is 372. The molecule has 2 atom stereocenters. The molecule has 3 rings (SSSR count). The van der Waals surface area contributed by atoms with Gasteiger partial charge in [-0.05, 0) is 30.2 Å². The van der Waals surface area contributed by atoms with Gasteiger partial charge in [0.15, 0.2) is 0 Å². The van der Waals surface area contributed by atoms with E-state index in [1.807, 2.05) is 0 Å². The first-order valence-corrected chi connectivity index (χ1v) is 7.33. The Labute approximate surface area is 110 Å². The molecule has 1 saturated carbocycles. The van der Waals surface area contributed by atoms with E-state index in [-0.39, 0.29) is 0 Å². The van der Waals surface area contributed by atoms with E-state index < -0.39 is 0 Å². The predicted molar refractivity (Wildman–Crippen MR) is 75.5 cm³/mol. The molecule has 1 aromatic carbocycles. The van der Waals surface area contributed by atoms with Gasteiger partial charge in [-0.2, -0.15) is 0 Å². The van der Waals surface area contributed by atoms with Gasteiger partial charge in [0.1, 0.15) is 0 Å². The number of hydrogen-bond acceptors (Lipinski definition) is 2. The summed E-state index contributed by atoms with van der Waals surface area (Å²) in [6, 6.07) is 11.4. The Morgan fingerprint density at radius 1 is 1.28 bits per heavy atom. The minimum atomic E-state index is 0.520. The fourth-order valence-corrected chi connectivity index (χ4v) is 3.11. The van der Waals surface area contributed by atoms with Crippen molar-refractivity contribution >= 4 is 0 Å². The fraction of sp³-hybridized carbons (Fsp3) is 0.625. The Balaban J connectivity index is 1.58. The minimum absolute atomic E-state index is 0.520. The van der Waals surface area contributed by atoms with Crippen molar-refractivity contribution in [3.63, 3.8) is 0 Å². The van der Waals surface area contributed by atoms with E-state index in [1.165, 1.54) is 38.0 Å². The number of hydrogen-bond donors (Lipinski definition) is 1. The third kappa shape index (κ3) is 2.93. The fourth-order valence-electron chi connectivity index (χ4n) is 3.11. The second-order valence-corrected chi connectivity index (χ2v) is 5.99. The third-order valence-corrected chi connectivity index (χ3v) is 4.43. The molecular formula is C16H24N2. The lowest BCUT2D eigenvalue weighted by atomic mass is 10.0. The van der Waals surface area contributed by atoms with E-state index >= 15 is 0 Å². The summed E-state index contributed by atoms with van der Waals surface area (Å²) in [6.07, 6.45) is 2.94. The molecule has 2 unspecified atom stereocenters. The zero-order valence-electron chi connectivity index (χ0n) is 11.3. The molecule has 1 aliphatic heterocycles. The molecule has 1 aliphatic carbocycles. The maximum Gasteiger partial charge on any atom is 0.0449 e. The van der Waals surface area contributed by atoms with Crippen LogP contribution in [0.1, 0.15) is 31.4 Å². The zero-order valence-corrected chi connectivity index (χ0v) is 11.3. The monoisotopic (exact) mass is 244 g/mol. The molecule has 2 nitrogen and oxygen atoms in total. The molecule has 0 bridgehead atoms. The molecule has 2 heteroatoms. The van der Waals surface area contributed by atoms with Crippen LogP contribution in [0.15, 0.2) is 30.3 Å². The summed E-state index contributed by atoms with van der Waals surface area (Å²) in [5, 5.41) is 3.64. The smallest absolute Gasteiger partial charge is 0.0449 e. The van der Waals surface area contributed by atoms with E-state index in [0.717, 1.165) is 18.4 Å². The molecular weight excluding hydrogens is 220 g/mol. The third-order valence-electron chi connectivity index (χ3n) is 4.43. The summed E-state index contributed by atoms with van der Waals surface area (Å²) in [6.45, 7) is 7.21. The molecule has 18 heavy (non-hydrogen) atoms. The van der Waals surface area contributed by atoms with Crippen LogP contribution in [0.4, 0.5) is 0 Å². The van der Waals surface area contributed by atoms with Crippen molar-refractivity contribution in [2.24, 2.45) is 11.8 Å². The van der Waals surface area contributed by atoms with Crippen LogP contribution < -0.4 is 5.32 Å². The van der Waals surface area contributed by atoms with Crippen molar-refractivity contribution in [1.82, 2.24) is 10.2 Å². The van der Waals surface area contributed by atoms with Crippen molar-refractivity contribution < 1.29 is 0 Å². The first-order chi connectivity index (χ1) is 8.83. The van der Waals surface area contributed by atoms with Crippen molar-refractivity contribution in [1.29, 1.82) is 0 Å². The predicted octanol–water partition coefficient (Wildman–Crippen LogP) is 2.68. The van der Waals surface area contributed by atoms with Crippen LogP contribution in [0.3, 0.4) is 0 Å². The highest BCUT2D eigenvalue weighted by Crippen LogP contribution is 2.37. The first kappa shape index (κ1) is 12.2. The van der Waals surface area contributed by atoms with E-state index in [4.69, 9.17) is 0 Å². The Kier molecular flexibility index (Phi) is 3.67. The lowest BCUT2D eigenvalue weighted by Gasteiger charge is -2.35. The quantitative estimate of drug-likeness (QED) is 0.876. The number of piperazine rings is 1. The molecule has 1 aromatic rings. The van der Waals surface area contributed by atoms with Gasteiger partial charge in [-0.15, -0.1) is 0 Å². The summed E-state index contributed by atoms with van der Waals surface area (Å²) in [5.41, 5.74) is 1.43. The van der Waals surface area contributed by atoms with Gasteiger partial charge in [0, 0.05) is 32.2 Å². The lowest BCUT2D eigenvalue weighted by molar-refractivity contribution is 0.171. The molecule has 1 saturated heterocycles. The highest BCUT2D eigenvalue weighted by molar-refractivity contribution is 5.19. The number of rotatable bonds is 4. The Morgan fingerprint density at radius 2 is 2.06 bits per heavy atom. The van der Waals surface area contributed by atoms with Crippen molar-refractivity contribution in [3.8, 4) is 0 Å². The van der Waals surface area contributed by atoms with Gasteiger partial charge in [-0.25, -0.2) is 0 Å². The highest BCUT2D eigenvalue weighted by atomic mass is 15.2. The summed E-state index contributed by atoms with van der Waals surface area (Å²) < 4.78 is 0. The summed E-state index contributed by atoms with van der Waals surface area (Å²) in [4.78, 5) is 2.65. The topological polar surface area (TPSA) is 15.3 Å². The SMILES string of the molecule is CC(CN1CCNC(c2ccccc2)C1)C1CC1. The van der Waals surface area contributed by atoms with Crippen LogP contribution in [0.5, 0.6) is 0 Å². The number of nitrogens with zero attached hydrogens (tertiary/aromatic N) is 1. The molecule has 1 heterocycles. The zero-order chi connectivity index (χ0) is 12.4. The van der Waals surface area contributed by atoms with Crippen LogP contribution in [0.25, 0.3) is 0 Å². The summed E-state index contributed by atoms with van der Waals surface area (Å²) in [5.74, 6) is 1.91. The molecule has 2 aliphatic rings. The van der Waals surface area contributed by atoms with Gasteiger partial charge in [0.2, 0.25) is 0 Å². The number of benzene rings is 1. The summed E-state index contributed by atoms with van der Waals surface area (Å²) in [7, 11) is 0. The molecule has 0 radical (unpaired) electrons. The second-order valence-electron chi connectivity index (χ2n) is 5.99. The molecule has 0 amide bonds. The van der Waals surface area contributed by atoms with E-state index in [9.17, 15) is 0 Å². The maximum atomic E-state index is 3.64. The highest BCUT2D eigenvalue weighted by Gasteiger charge is 2.30. The van der Waals surface area contributed by atoms with Gasteiger partial charge < -0.3 is 5.32 Å². The first-order valence-electron chi connectivity index (χ1n) is 7.33.